The van der Waals surface area contributed by atoms with Crippen LogP contribution in [0.15, 0.2) is 30.3 Å². The number of nitro groups is 1. The number of nitrogens with one attached hydrogen (secondary N) is 1. The lowest BCUT2D eigenvalue weighted by Crippen LogP contribution is -2.46. The number of piperidine rings is 1. The molecule has 1 amide bonds. The first kappa shape index (κ1) is 18.7. The lowest BCUT2D eigenvalue weighted by Gasteiger charge is -2.34. The molecular formula is C21H26N4O3. The monoisotopic (exact) mass is 382 g/mol. The zero-order valence-electron chi connectivity index (χ0n) is 16.0. The molecule has 0 radical (unpaired) electrons. The molecule has 1 saturated carbocycles. The molecule has 2 aromatic rings. The summed E-state index contributed by atoms with van der Waals surface area (Å²) < 4.78 is 0. The molecule has 28 heavy (non-hydrogen) atoms. The zero-order valence-corrected chi connectivity index (χ0v) is 16.0. The number of hydrogen-bond donors (Lipinski definition) is 1. The molecule has 148 valence electrons. The van der Waals surface area contributed by atoms with Crippen LogP contribution in [0.25, 0.3) is 10.9 Å². The molecule has 2 fully saturated rings. The van der Waals surface area contributed by atoms with E-state index in [4.69, 9.17) is 0 Å². The number of rotatable bonds is 4. The minimum absolute atomic E-state index is 0.0802. The molecule has 1 aliphatic carbocycles. The summed E-state index contributed by atoms with van der Waals surface area (Å²) in [6, 6.07) is 8.81. The van der Waals surface area contributed by atoms with Gasteiger partial charge in [0.1, 0.15) is 5.82 Å². The minimum Gasteiger partial charge on any atom is -0.356 e. The highest BCUT2D eigenvalue weighted by molar-refractivity contribution is 5.82. The van der Waals surface area contributed by atoms with Gasteiger partial charge in [-0.15, -0.1) is 0 Å². The Hall–Kier alpha value is -2.70. The second-order valence-corrected chi connectivity index (χ2v) is 7.91. The standard InChI is InChI=1S/C21H26N4O3/c26-21(15-4-2-1-3-5-15)22-17-10-12-24(13-11-17)20-9-6-16-14-18(25(27)28)7-8-19(16)23-20/h6-9,14-15,17H,1-5,10-13H2,(H,22,26). The van der Waals surface area contributed by atoms with Crippen LogP contribution in [0.3, 0.4) is 0 Å². The zero-order chi connectivity index (χ0) is 19.5. The fraction of sp³-hybridized carbons (Fsp3) is 0.524. The van der Waals surface area contributed by atoms with E-state index in [1.54, 1.807) is 12.1 Å². The van der Waals surface area contributed by atoms with Crippen LogP contribution in [0.4, 0.5) is 11.5 Å². The van der Waals surface area contributed by atoms with Gasteiger partial charge in [-0.2, -0.15) is 0 Å². The molecule has 1 N–H and O–H groups in total. The number of aromatic nitrogens is 1. The summed E-state index contributed by atoms with van der Waals surface area (Å²) in [7, 11) is 0. The van der Waals surface area contributed by atoms with Gasteiger partial charge in [0.15, 0.2) is 0 Å². The quantitative estimate of drug-likeness (QED) is 0.642. The highest BCUT2D eigenvalue weighted by atomic mass is 16.6. The Morgan fingerprint density at radius 3 is 2.54 bits per heavy atom. The largest absolute Gasteiger partial charge is 0.356 e. The van der Waals surface area contributed by atoms with Crippen LogP contribution in [0, 0.1) is 16.0 Å². The van der Waals surface area contributed by atoms with Gasteiger partial charge in [-0.25, -0.2) is 4.98 Å². The van der Waals surface area contributed by atoms with Crippen LogP contribution < -0.4 is 10.2 Å². The first-order valence-corrected chi connectivity index (χ1v) is 10.2. The summed E-state index contributed by atoms with van der Waals surface area (Å²) in [4.78, 5) is 29.9. The third-order valence-electron chi connectivity index (χ3n) is 6.01. The number of amides is 1. The lowest BCUT2D eigenvalue weighted by molar-refractivity contribution is -0.384. The van der Waals surface area contributed by atoms with Gasteiger partial charge < -0.3 is 10.2 Å². The molecular weight excluding hydrogens is 356 g/mol. The van der Waals surface area contributed by atoms with E-state index in [0.29, 0.717) is 0 Å². The summed E-state index contributed by atoms with van der Waals surface area (Å²) >= 11 is 0. The summed E-state index contributed by atoms with van der Waals surface area (Å²) in [5, 5.41) is 14.9. The molecule has 1 aromatic heterocycles. The van der Waals surface area contributed by atoms with E-state index < -0.39 is 0 Å². The Morgan fingerprint density at radius 2 is 1.82 bits per heavy atom. The Labute approximate surface area is 164 Å². The second-order valence-electron chi connectivity index (χ2n) is 7.91. The molecule has 0 unspecified atom stereocenters. The molecule has 4 rings (SSSR count). The highest BCUT2D eigenvalue weighted by Crippen LogP contribution is 2.26. The van der Waals surface area contributed by atoms with Crippen molar-refractivity contribution in [3.05, 3.63) is 40.4 Å². The molecule has 2 heterocycles. The van der Waals surface area contributed by atoms with Gasteiger partial charge in [0, 0.05) is 42.6 Å². The van der Waals surface area contributed by atoms with Crippen molar-refractivity contribution in [2.24, 2.45) is 5.92 Å². The van der Waals surface area contributed by atoms with E-state index in [1.165, 1.54) is 25.3 Å². The third-order valence-corrected chi connectivity index (χ3v) is 6.01. The summed E-state index contributed by atoms with van der Waals surface area (Å²) in [6.07, 6.45) is 7.50. The number of carbonyl (C=O) groups is 1. The molecule has 7 heteroatoms. The lowest BCUT2D eigenvalue weighted by atomic mass is 9.88. The van der Waals surface area contributed by atoms with E-state index in [2.05, 4.69) is 15.2 Å². The normalized spacial score (nSPS) is 18.9. The molecule has 1 aliphatic heterocycles. The third kappa shape index (κ3) is 4.08. The number of anilines is 1. The van der Waals surface area contributed by atoms with Crippen molar-refractivity contribution in [3.63, 3.8) is 0 Å². The van der Waals surface area contributed by atoms with E-state index in [-0.39, 0.29) is 28.5 Å². The topological polar surface area (TPSA) is 88.4 Å². The van der Waals surface area contributed by atoms with Crippen molar-refractivity contribution in [1.82, 2.24) is 10.3 Å². The smallest absolute Gasteiger partial charge is 0.270 e. The molecule has 1 aromatic carbocycles. The number of nitro benzene ring substituents is 1. The number of hydrogen-bond acceptors (Lipinski definition) is 5. The van der Waals surface area contributed by atoms with Crippen LogP contribution in [-0.4, -0.2) is 34.9 Å². The second kappa shape index (κ2) is 8.12. The number of benzene rings is 1. The van der Waals surface area contributed by atoms with Gasteiger partial charge in [0.05, 0.1) is 10.4 Å². The van der Waals surface area contributed by atoms with Crippen LogP contribution in [-0.2, 0) is 4.79 Å². The maximum absolute atomic E-state index is 12.5. The van der Waals surface area contributed by atoms with Crippen molar-refractivity contribution < 1.29 is 9.72 Å². The first-order chi connectivity index (χ1) is 13.6. The van der Waals surface area contributed by atoms with Gasteiger partial charge >= 0.3 is 0 Å². The summed E-state index contributed by atoms with van der Waals surface area (Å²) in [5.41, 5.74) is 0.840. The van der Waals surface area contributed by atoms with Gasteiger partial charge in [0.2, 0.25) is 5.91 Å². The predicted octanol–water partition coefficient (Wildman–Crippen LogP) is 3.81. The first-order valence-electron chi connectivity index (χ1n) is 10.2. The number of fused-ring (bicyclic) bond motifs is 1. The maximum atomic E-state index is 12.5. The van der Waals surface area contributed by atoms with E-state index in [9.17, 15) is 14.9 Å². The SMILES string of the molecule is O=C(NC1CCN(c2ccc3cc([N+](=O)[O-])ccc3n2)CC1)C1CCCCC1. The number of carbonyl (C=O) groups excluding carboxylic acids is 1. The molecule has 2 aliphatic rings. The summed E-state index contributed by atoms with van der Waals surface area (Å²) in [5.74, 6) is 1.33. The van der Waals surface area contributed by atoms with Gasteiger partial charge in [0.25, 0.3) is 5.69 Å². The Bertz CT molecular complexity index is 871. The fourth-order valence-electron chi connectivity index (χ4n) is 4.33. The molecule has 1 saturated heterocycles. The van der Waals surface area contributed by atoms with Gasteiger partial charge in [-0.1, -0.05) is 19.3 Å². The van der Waals surface area contributed by atoms with Crippen molar-refractivity contribution >= 4 is 28.3 Å². The molecule has 0 bridgehead atoms. The van der Waals surface area contributed by atoms with Crippen molar-refractivity contribution in [1.29, 1.82) is 0 Å². The van der Waals surface area contributed by atoms with E-state index in [0.717, 1.165) is 55.5 Å². The maximum Gasteiger partial charge on any atom is 0.270 e. The van der Waals surface area contributed by atoms with E-state index >= 15 is 0 Å². The number of nitrogens with zero attached hydrogens (tertiary/aromatic N) is 3. The molecule has 0 spiro atoms. The van der Waals surface area contributed by atoms with Crippen LogP contribution in [0.5, 0.6) is 0 Å². The van der Waals surface area contributed by atoms with Gasteiger partial charge in [-0.3, -0.25) is 14.9 Å². The fourth-order valence-corrected chi connectivity index (χ4v) is 4.33. The summed E-state index contributed by atoms with van der Waals surface area (Å²) in [6.45, 7) is 1.70. The van der Waals surface area contributed by atoms with E-state index in [1.807, 2.05) is 12.1 Å². The van der Waals surface area contributed by atoms with Crippen LogP contribution in [0.1, 0.15) is 44.9 Å². The van der Waals surface area contributed by atoms with Crippen molar-refractivity contribution in [2.75, 3.05) is 18.0 Å². The van der Waals surface area contributed by atoms with Crippen molar-refractivity contribution in [2.45, 2.75) is 51.0 Å². The molecule has 0 atom stereocenters. The average molecular weight is 382 g/mol. The Morgan fingerprint density at radius 1 is 1.07 bits per heavy atom. The minimum atomic E-state index is -0.389. The average Bonchev–Trinajstić information content (AvgIpc) is 2.74. The Kier molecular flexibility index (Phi) is 5.41. The highest BCUT2D eigenvalue weighted by Gasteiger charge is 2.26. The number of non-ortho nitro benzene ring substituents is 1. The predicted molar refractivity (Wildman–Crippen MR) is 108 cm³/mol. The van der Waals surface area contributed by atoms with Gasteiger partial charge in [-0.05, 0) is 43.9 Å². The van der Waals surface area contributed by atoms with Crippen LogP contribution >= 0.6 is 0 Å². The molecule has 7 nitrogen and oxygen atoms in total. The van der Waals surface area contributed by atoms with Crippen molar-refractivity contribution in [3.8, 4) is 0 Å². The Balaban J connectivity index is 1.36. The number of pyridine rings is 1. The van der Waals surface area contributed by atoms with Crippen LogP contribution in [0.2, 0.25) is 0 Å².